The van der Waals surface area contributed by atoms with Crippen LogP contribution in [0.4, 0.5) is 20.2 Å². The van der Waals surface area contributed by atoms with Crippen molar-refractivity contribution in [3.63, 3.8) is 0 Å². The molecule has 0 atom stereocenters. The van der Waals surface area contributed by atoms with Crippen molar-refractivity contribution in [3.8, 4) is 22.0 Å². The zero-order valence-electron chi connectivity index (χ0n) is 28.5. The molecule has 0 radical (unpaired) electrons. The number of halogens is 2. The Bertz CT molecular complexity index is 2450. The van der Waals surface area contributed by atoms with Crippen LogP contribution < -0.4 is 26.0 Å². The molecular formula is C36H38F2N10O2S. The fourth-order valence-corrected chi connectivity index (χ4v) is 8.42. The molecule has 0 spiro atoms. The highest BCUT2D eigenvalue weighted by molar-refractivity contribution is 7.19. The van der Waals surface area contributed by atoms with Crippen molar-refractivity contribution in [2.45, 2.75) is 39.3 Å². The summed E-state index contributed by atoms with van der Waals surface area (Å²) in [4.78, 5) is 34.9. The van der Waals surface area contributed by atoms with Crippen molar-refractivity contribution in [2.24, 2.45) is 0 Å². The Morgan fingerprint density at radius 3 is 2.10 bits per heavy atom. The lowest BCUT2D eigenvalue weighted by molar-refractivity contribution is 0.270. The molecule has 0 unspecified atom stereocenters. The summed E-state index contributed by atoms with van der Waals surface area (Å²) in [6.07, 6.45) is 5.50. The lowest BCUT2D eigenvalue weighted by Crippen LogP contribution is -2.46. The van der Waals surface area contributed by atoms with E-state index in [1.165, 1.54) is 28.0 Å². The van der Waals surface area contributed by atoms with Crippen LogP contribution in [0.15, 0.2) is 46.2 Å². The molecule has 51 heavy (non-hydrogen) atoms. The second kappa shape index (κ2) is 12.5. The number of likely N-dealkylation sites (N-methyl/N-ethyl adjacent to an activating group) is 1. The smallest absolute Gasteiger partial charge is 0.235 e. The maximum Gasteiger partial charge on any atom is 0.235 e. The number of aromatic nitrogens is 6. The van der Waals surface area contributed by atoms with E-state index in [9.17, 15) is 9.59 Å². The molecule has 2 aliphatic heterocycles. The normalized spacial score (nSPS) is 17.4. The van der Waals surface area contributed by atoms with Crippen molar-refractivity contribution in [2.75, 3.05) is 68.7 Å². The molecule has 15 heteroatoms. The van der Waals surface area contributed by atoms with E-state index in [2.05, 4.69) is 36.8 Å². The summed E-state index contributed by atoms with van der Waals surface area (Å²) in [5.74, 6) is -0.658. The Labute approximate surface area is 295 Å². The molecule has 1 N–H and O–H groups in total. The molecule has 0 bridgehead atoms. The molecule has 6 heterocycles. The number of fused-ring (bicyclic) bond motifs is 3. The van der Waals surface area contributed by atoms with Crippen LogP contribution in [-0.2, 0) is 6.54 Å². The first kappa shape index (κ1) is 32.2. The summed E-state index contributed by atoms with van der Waals surface area (Å²) in [6, 6.07) is 6.50. The second-order valence-corrected chi connectivity index (χ2v) is 14.5. The van der Waals surface area contributed by atoms with Gasteiger partial charge in [0.25, 0.3) is 0 Å². The molecule has 1 saturated carbocycles. The van der Waals surface area contributed by atoms with Crippen molar-refractivity contribution < 1.29 is 8.78 Å². The van der Waals surface area contributed by atoms with E-state index < -0.39 is 11.6 Å². The number of hydrogen-bond acceptors (Lipinski definition) is 10. The number of benzene rings is 2. The fourth-order valence-electron chi connectivity index (χ4n) is 7.58. The largest absolute Gasteiger partial charge is 0.367 e. The van der Waals surface area contributed by atoms with Crippen molar-refractivity contribution >= 4 is 49.5 Å². The molecule has 12 nitrogen and oxygen atoms in total. The molecule has 3 aliphatic rings. The van der Waals surface area contributed by atoms with Gasteiger partial charge in [0.15, 0.2) is 16.3 Å². The van der Waals surface area contributed by atoms with Gasteiger partial charge >= 0.3 is 0 Å². The number of hydrogen-bond donors (Lipinski definition) is 1. The molecule has 3 fully saturated rings. The van der Waals surface area contributed by atoms with Gasteiger partial charge < -0.3 is 29.2 Å². The number of nitrogens with one attached hydrogen (secondary N) is 1. The van der Waals surface area contributed by atoms with E-state index >= 15 is 8.78 Å². The summed E-state index contributed by atoms with van der Waals surface area (Å²) >= 11 is 1.18. The number of pyridine rings is 2. The number of piperazine rings is 2. The summed E-state index contributed by atoms with van der Waals surface area (Å²) in [7, 11) is 0. The van der Waals surface area contributed by atoms with Gasteiger partial charge in [-0.15, -0.1) is 10.2 Å². The maximum atomic E-state index is 15.8. The molecule has 1 aliphatic carbocycles. The third-order valence-corrected chi connectivity index (χ3v) is 11.5. The number of rotatable bonds is 7. The molecule has 6 aromatic rings. The predicted molar refractivity (Wildman–Crippen MR) is 196 cm³/mol. The lowest BCUT2D eigenvalue weighted by Gasteiger charge is -2.35. The van der Waals surface area contributed by atoms with E-state index in [1.54, 1.807) is 12.3 Å². The van der Waals surface area contributed by atoms with Gasteiger partial charge in [0.1, 0.15) is 11.6 Å². The maximum absolute atomic E-state index is 15.8. The van der Waals surface area contributed by atoms with Gasteiger partial charge in [-0.3, -0.25) is 9.59 Å². The van der Waals surface area contributed by atoms with Crippen LogP contribution >= 0.6 is 11.3 Å². The van der Waals surface area contributed by atoms with E-state index in [1.807, 2.05) is 28.7 Å². The zero-order valence-corrected chi connectivity index (χ0v) is 29.3. The van der Waals surface area contributed by atoms with Crippen molar-refractivity contribution in [3.05, 3.63) is 68.7 Å². The standard InChI is InChI=1S/C36H38F2N10O2S/c1-3-43-11-13-46(14-12-43)31-18-29-23(16-27(31)38)33(50)25(20-47(29)21-5-6-21)35-42-48-34(40-41-36(48)51-35)24-19-44(4-2)28-17-30(45-9-7-39-8-10-45)26(37)15-22(28)32(24)49/h15-21,39H,3-14H2,1-2H3. The highest BCUT2D eigenvalue weighted by Gasteiger charge is 2.29. The lowest BCUT2D eigenvalue weighted by atomic mass is 10.1. The summed E-state index contributed by atoms with van der Waals surface area (Å²) in [6.45, 7) is 11.7. The highest BCUT2D eigenvalue weighted by atomic mass is 32.1. The van der Waals surface area contributed by atoms with Gasteiger partial charge in [-0.2, -0.15) is 9.61 Å². The predicted octanol–water partition coefficient (Wildman–Crippen LogP) is 4.33. The Morgan fingerprint density at radius 2 is 1.43 bits per heavy atom. The van der Waals surface area contributed by atoms with Gasteiger partial charge in [0.05, 0.1) is 33.5 Å². The minimum atomic E-state index is -0.450. The van der Waals surface area contributed by atoms with Gasteiger partial charge in [-0.25, -0.2) is 8.78 Å². The van der Waals surface area contributed by atoms with Crippen LogP contribution in [0.5, 0.6) is 0 Å². The Kier molecular flexibility index (Phi) is 7.89. The Morgan fingerprint density at radius 1 is 0.784 bits per heavy atom. The molecule has 4 aromatic heterocycles. The van der Waals surface area contributed by atoms with Gasteiger partial charge in [0, 0.05) is 88.1 Å². The molecule has 264 valence electrons. The van der Waals surface area contributed by atoms with E-state index in [-0.39, 0.29) is 33.7 Å². The minimum absolute atomic E-state index is 0.204. The third kappa shape index (κ3) is 5.40. The van der Waals surface area contributed by atoms with Crippen molar-refractivity contribution in [1.82, 2.24) is 39.2 Å². The number of nitrogens with zero attached hydrogens (tertiary/aromatic N) is 9. The zero-order chi connectivity index (χ0) is 35.0. The average Bonchev–Trinajstić information content (AvgIpc) is 3.80. The topological polar surface area (TPSA) is 109 Å². The Hall–Kier alpha value is -4.73. The van der Waals surface area contributed by atoms with E-state index in [4.69, 9.17) is 5.10 Å². The molecule has 2 aromatic carbocycles. The molecular weight excluding hydrogens is 675 g/mol. The summed E-state index contributed by atoms with van der Waals surface area (Å²) in [5, 5.41) is 17.6. The number of aryl methyl sites for hydroxylation is 1. The molecule has 2 saturated heterocycles. The van der Waals surface area contributed by atoms with E-state index in [0.717, 1.165) is 58.7 Å². The monoisotopic (exact) mass is 712 g/mol. The SMILES string of the molecule is CCN1CCN(c2cc3c(cc2F)c(=O)c(-c2nn4c(-c5cn(CC)c6cc(N7CCNCC7)c(F)cc6c5=O)nnc4s2)cn3C2CC2)CC1. The average molecular weight is 713 g/mol. The van der Waals surface area contributed by atoms with Crippen LogP contribution in [-0.4, -0.2) is 92.7 Å². The van der Waals surface area contributed by atoms with Gasteiger partial charge in [-0.05, 0) is 50.6 Å². The first-order valence-electron chi connectivity index (χ1n) is 17.7. The molecule has 0 amide bonds. The summed E-state index contributed by atoms with van der Waals surface area (Å²) in [5.41, 5.74) is 2.22. The van der Waals surface area contributed by atoms with Gasteiger partial charge in [0.2, 0.25) is 10.4 Å². The van der Waals surface area contributed by atoms with E-state index in [0.29, 0.717) is 63.0 Å². The fraction of sp³-hybridized carbons (Fsp3) is 0.417. The quantitative estimate of drug-likeness (QED) is 0.259. The minimum Gasteiger partial charge on any atom is -0.367 e. The summed E-state index contributed by atoms with van der Waals surface area (Å²) < 4.78 is 36.8. The molecule has 9 rings (SSSR count). The van der Waals surface area contributed by atoms with Crippen LogP contribution in [0.3, 0.4) is 0 Å². The highest BCUT2D eigenvalue weighted by Crippen LogP contribution is 2.40. The first-order chi connectivity index (χ1) is 24.8. The second-order valence-electron chi connectivity index (χ2n) is 13.6. The van der Waals surface area contributed by atoms with Crippen LogP contribution in [0, 0.1) is 11.6 Å². The third-order valence-electron chi connectivity index (χ3n) is 10.6. The van der Waals surface area contributed by atoms with Gasteiger partial charge in [-0.1, -0.05) is 18.3 Å². The number of anilines is 2. The van der Waals surface area contributed by atoms with Crippen LogP contribution in [0.25, 0.3) is 48.7 Å². The Balaban J connectivity index is 1.13. The van der Waals surface area contributed by atoms with Crippen LogP contribution in [0.2, 0.25) is 0 Å². The van der Waals surface area contributed by atoms with Crippen molar-refractivity contribution in [1.29, 1.82) is 0 Å². The first-order valence-corrected chi connectivity index (χ1v) is 18.6. The van der Waals surface area contributed by atoms with Crippen LogP contribution in [0.1, 0.15) is 32.7 Å².